The average molecular weight is 271 g/mol. The molecule has 2 aromatic rings. The Hall–Kier alpha value is -2.31. The Bertz CT molecular complexity index is 604. The van der Waals surface area contributed by atoms with Crippen molar-refractivity contribution in [3.8, 4) is 0 Å². The molecular formula is C12H8F3NO3. The summed E-state index contributed by atoms with van der Waals surface area (Å²) in [5.41, 5.74) is -0.673. The first-order valence-corrected chi connectivity index (χ1v) is 5.21. The van der Waals surface area contributed by atoms with Crippen molar-refractivity contribution in [2.45, 2.75) is 12.6 Å². The van der Waals surface area contributed by atoms with E-state index in [1.165, 1.54) is 18.2 Å². The third-order valence-corrected chi connectivity index (χ3v) is 2.41. The van der Waals surface area contributed by atoms with Crippen LogP contribution in [-0.2, 0) is 12.6 Å². The van der Waals surface area contributed by atoms with Crippen LogP contribution in [0.1, 0.15) is 27.4 Å². The summed E-state index contributed by atoms with van der Waals surface area (Å²) in [6.45, 7) is 0. The summed E-state index contributed by atoms with van der Waals surface area (Å²) < 4.78 is 42.3. The number of aromatic nitrogens is 1. The van der Waals surface area contributed by atoms with Gasteiger partial charge in [-0.05, 0) is 11.6 Å². The maximum Gasteiger partial charge on any atom is 0.416 e. The molecule has 19 heavy (non-hydrogen) atoms. The molecule has 0 unspecified atom stereocenters. The summed E-state index contributed by atoms with van der Waals surface area (Å²) in [7, 11) is 0. The number of halogens is 3. The van der Waals surface area contributed by atoms with E-state index < -0.39 is 17.7 Å². The smallest absolute Gasteiger partial charge is 0.416 e. The lowest BCUT2D eigenvalue weighted by molar-refractivity contribution is -0.137. The van der Waals surface area contributed by atoms with Crippen LogP contribution in [0.15, 0.2) is 34.9 Å². The molecule has 0 bridgehead atoms. The zero-order valence-electron chi connectivity index (χ0n) is 9.44. The summed E-state index contributed by atoms with van der Waals surface area (Å²) in [5, 5.41) is 11.9. The molecule has 1 heterocycles. The van der Waals surface area contributed by atoms with Crippen LogP contribution in [-0.4, -0.2) is 16.2 Å². The Kier molecular flexibility index (Phi) is 3.28. The molecule has 0 amide bonds. The molecule has 100 valence electrons. The van der Waals surface area contributed by atoms with Gasteiger partial charge in [-0.25, -0.2) is 4.79 Å². The van der Waals surface area contributed by atoms with Gasteiger partial charge in [0.25, 0.3) is 0 Å². The van der Waals surface area contributed by atoms with E-state index >= 15 is 0 Å². The largest absolute Gasteiger partial charge is 0.476 e. The molecule has 1 N–H and O–H groups in total. The van der Waals surface area contributed by atoms with Crippen molar-refractivity contribution in [1.29, 1.82) is 0 Å². The van der Waals surface area contributed by atoms with Crippen LogP contribution >= 0.6 is 0 Å². The first-order chi connectivity index (χ1) is 8.86. The summed E-state index contributed by atoms with van der Waals surface area (Å²) in [4.78, 5) is 10.6. The van der Waals surface area contributed by atoms with Gasteiger partial charge in [-0.15, -0.1) is 0 Å². The first-order valence-electron chi connectivity index (χ1n) is 5.21. The molecular weight excluding hydrogens is 263 g/mol. The Morgan fingerprint density at radius 3 is 2.63 bits per heavy atom. The van der Waals surface area contributed by atoms with Gasteiger partial charge in [-0.2, -0.15) is 13.2 Å². The van der Waals surface area contributed by atoms with Gasteiger partial charge in [0, 0.05) is 12.5 Å². The minimum absolute atomic E-state index is 0.0458. The highest BCUT2D eigenvalue weighted by molar-refractivity contribution is 5.85. The molecule has 7 heteroatoms. The van der Waals surface area contributed by atoms with Crippen molar-refractivity contribution < 1.29 is 27.6 Å². The van der Waals surface area contributed by atoms with E-state index in [1.54, 1.807) is 0 Å². The van der Waals surface area contributed by atoms with E-state index in [4.69, 9.17) is 9.63 Å². The summed E-state index contributed by atoms with van der Waals surface area (Å²) >= 11 is 0. The van der Waals surface area contributed by atoms with Gasteiger partial charge < -0.3 is 9.63 Å². The van der Waals surface area contributed by atoms with E-state index in [9.17, 15) is 18.0 Å². The zero-order valence-corrected chi connectivity index (χ0v) is 9.44. The number of carboxylic acids is 1. The third-order valence-electron chi connectivity index (χ3n) is 2.41. The van der Waals surface area contributed by atoms with E-state index in [-0.39, 0.29) is 17.9 Å². The van der Waals surface area contributed by atoms with Crippen LogP contribution in [0.5, 0.6) is 0 Å². The van der Waals surface area contributed by atoms with E-state index in [1.807, 2.05) is 0 Å². The molecule has 2 rings (SSSR count). The number of rotatable bonds is 3. The molecule has 1 aromatic carbocycles. The molecule has 0 aliphatic rings. The number of carbonyl (C=O) groups is 1. The predicted molar refractivity (Wildman–Crippen MR) is 57.7 cm³/mol. The van der Waals surface area contributed by atoms with E-state index in [2.05, 4.69) is 5.16 Å². The summed E-state index contributed by atoms with van der Waals surface area (Å²) in [5.74, 6) is -1.06. The minimum Gasteiger partial charge on any atom is -0.476 e. The maximum atomic E-state index is 12.5. The quantitative estimate of drug-likeness (QED) is 0.932. The van der Waals surface area contributed by atoms with Gasteiger partial charge in [-0.1, -0.05) is 23.4 Å². The van der Waals surface area contributed by atoms with Crippen molar-refractivity contribution >= 4 is 5.97 Å². The molecule has 0 saturated heterocycles. The van der Waals surface area contributed by atoms with Crippen LogP contribution < -0.4 is 0 Å². The average Bonchev–Trinajstić information content (AvgIpc) is 2.77. The van der Waals surface area contributed by atoms with Crippen LogP contribution in [0.4, 0.5) is 13.2 Å². The second-order valence-electron chi connectivity index (χ2n) is 3.86. The molecule has 0 saturated carbocycles. The Balaban J connectivity index is 2.21. The van der Waals surface area contributed by atoms with Crippen molar-refractivity contribution in [3.05, 3.63) is 52.9 Å². The number of nitrogens with zero attached hydrogens (tertiary/aromatic N) is 1. The fourth-order valence-electron chi connectivity index (χ4n) is 1.56. The number of aromatic carboxylic acids is 1. The van der Waals surface area contributed by atoms with Gasteiger partial charge in [0.1, 0.15) is 5.76 Å². The lowest BCUT2D eigenvalue weighted by Gasteiger charge is -2.07. The van der Waals surface area contributed by atoms with Crippen LogP contribution in [0.25, 0.3) is 0 Å². The van der Waals surface area contributed by atoms with Crippen LogP contribution in [0.3, 0.4) is 0 Å². The molecule has 0 radical (unpaired) electrons. The normalized spacial score (nSPS) is 11.5. The molecule has 0 spiro atoms. The molecule has 0 atom stereocenters. The predicted octanol–water partition coefficient (Wildman–Crippen LogP) is 2.98. The van der Waals surface area contributed by atoms with Crippen LogP contribution in [0.2, 0.25) is 0 Å². The standard InChI is InChI=1S/C12H8F3NO3/c13-12(14,15)8-3-1-2-7(4-8)5-9-6-10(11(17)18)16-19-9/h1-4,6H,5H2,(H,17,18). The van der Waals surface area contributed by atoms with Crippen molar-refractivity contribution in [3.63, 3.8) is 0 Å². The van der Waals surface area contributed by atoms with Crippen molar-refractivity contribution in [1.82, 2.24) is 5.16 Å². The van der Waals surface area contributed by atoms with Gasteiger partial charge in [0.05, 0.1) is 5.56 Å². The minimum atomic E-state index is -4.41. The second kappa shape index (κ2) is 4.75. The highest BCUT2D eigenvalue weighted by atomic mass is 19.4. The van der Waals surface area contributed by atoms with Gasteiger partial charge >= 0.3 is 12.1 Å². The Morgan fingerprint density at radius 2 is 2.05 bits per heavy atom. The number of alkyl halides is 3. The summed E-state index contributed by atoms with van der Waals surface area (Å²) in [6.07, 6.45) is -4.37. The van der Waals surface area contributed by atoms with Gasteiger partial charge in [0.15, 0.2) is 5.69 Å². The summed E-state index contributed by atoms with van der Waals surface area (Å²) in [6, 6.07) is 5.92. The SMILES string of the molecule is O=C(O)c1cc(Cc2cccc(C(F)(F)F)c2)on1. The van der Waals surface area contributed by atoms with Gasteiger partial charge in [-0.3, -0.25) is 0 Å². The fraction of sp³-hybridized carbons (Fsp3) is 0.167. The highest BCUT2D eigenvalue weighted by Crippen LogP contribution is 2.29. The monoisotopic (exact) mass is 271 g/mol. The lowest BCUT2D eigenvalue weighted by atomic mass is 10.1. The number of hydrogen-bond donors (Lipinski definition) is 1. The second-order valence-corrected chi connectivity index (χ2v) is 3.86. The maximum absolute atomic E-state index is 12.5. The molecule has 0 fully saturated rings. The zero-order chi connectivity index (χ0) is 14.0. The number of hydrogen-bond acceptors (Lipinski definition) is 3. The fourth-order valence-corrected chi connectivity index (χ4v) is 1.56. The molecule has 0 aliphatic heterocycles. The number of carboxylic acid groups (broad SMARTS) is 1. The lowest BCUT2D eigenvalue weighted by Crippen LogP contribution is -2.05. The third kappa shape index (κ3) is 3.12. The molecule has 0 aliphatic carbocycles. The van der Waals surface area contributed by atoms with Gasteiger partial charge in [0.2, 0.25) is 0 Å². The Morgan fingerprint density at radius 1 is 1.32 bits per heavy atom. The number of benzene rings is 1. The first kappa shape index (κ1) is 13.1. The van der Waals surface area contributed by atoms with Crippen LogP contribution in [0, 0.1) is 0 Å². The van der Waals surface area contributed by atoms with Crippen molar-refractivity contribution in [2.24, 2.45) is 0 Å². The van der Waals surface area contributed by atoms with E-state index in [0.717, 1.165) is 12.1 Å². The Labute approximate surface area is 105 Å². The van der Waals surface area contributed by atoms with Crippen molar-refractivity contribution in [2.75, 3.05) is 0 Å². The molecule has 4 nitrogen and oxygen atoms in total. The van der Waals surface area contributed by atoms with E-state index in [0.29, 0.717) is 5.56 Å². The topological polar surface area (TPSA) is 63.3 Å². The highest BCUT2D eigenvalue weighted by Gasteiger charge is 2.30. The molecule has 1 aromatic heterocycles.